The first kappa shape index (κ1) is 15.8. The first-order chi connectivity index (χ1) is 10.2. The number of carbonyl (C=O) groups is 1. The lowest BCUT2D eigenvalue weighted by atomic mass is 9.94. The molecule has 0 N–H and O–H groups in total. The molecule has 0 aromatic heterocycles. The Hall–Kier alpha value is -1.57. The molecule has 1 aromatic rings. The number of carbonyl (C=O) groups excluding carboxylic acids is 1. The molecule has 3 atom stereocenters. The second kappa shape index (κ2) is 8.02. The molecule has 1 aromatic carbocycles. The monoisotopic (exact) mass is 286 g/mol. The molecule has 0 radical (unpaired) electrons. The van der Waals surface area contributed by atoms with Crippen LogP contribution in [-0.2, 0) is 9.53 Å². The average Bonchev–Trinajstić information content (AvgIpc) is 2.94. The van der Waals surface area contributed by atoms with Crippen molar-refractivity contribution in [3.05, 3.63) is 42.0 Å². The van der Waals surface area contributed by atoms with E-state index in [1.54, 1.807) is 0 Å². The van der Waals surface area contributed by atoms with Crippen LogP contribution in [0.5, 0.6) is 0 Å². The Kier molecular flexibility index (Phi) is 6.04. The maximum atomic E-state index is 11.8. The van der Waals surface area contributed by atoms with Gasteiger partial charge in [0.15, 0.2) is 0 Å². The predicted molar refractivity (Wildman–Crippen MR) is 86.7 cm³/mol. The molecule has 1 aliphatic carbocycles. The van der Waals surface area contributed by atoms with Gasteiger partial charge in [-0.25, -0.2) is 4.79 Å². The van der Waals surface area contributed by atoms with E-state index in [-0.39, 0.29) is 5.97 Å². The van der Waals surface area contributed by atoms with Crippen molar-refractivity contribution in [2.24, 2.45) is 17.8 Å². The highest BCUT2D eigenvalue weighted by molar-refractivity contribution is 5.87. The van der Waals surface area contributed by atoms with Gasteiger partial charge >= 0.3 is 5.97 Å². The first-order valence-corrected chi connectivity index (χ1v) is 8.12. The SMILES string of the molecule is CCC1CC(CC)C(COC(=O)/C=C/c2ccccc2)C1. The van der Waals surface area contributed by atoms with Crippen LogP contribution in [0.3, 0.4) is 0 Å². The fourth-order valence-corrected chi connectivity index (χ4v) is 3.34. The third kappa shape index (κ3) is 4.73. The molecule has 0 heterocycles. The van der Waals surface area contributed by atoms with Gasteiger partial charge in [-0.05, 0) is 42.2 Å². The minimum absolute atomic E-state index is 0.228. The fourth-order valence-electron chi connectivity index (χ4n) is 3.34. The fraction of sp³-hybridized carbons (Fsp3) is 0.526. The average molecular weight is 286 g/mol. The Balaban J connectivity index is 1.80. The zero-order valence-corrected chi connectivity index (χ0v) is 13.1. The molecule has 3 unspecified atom stereocenters. The van der Waals surface area contributed by atoms with E-state index < -0.39 is 0 Å². The van der Waals surface area contributed by atoms with Gasteiger partial charge in [-0.15, -0.1) is 0 Å². The lowest BCUT2D eigenvalue weighted by molar-refractivity contribution is -0.139. The van der Waals surface area contributed by atoms with Gasteiger partial charge in [0.2, 0.25) is 0 Å². The molecule has 0 bridgehead atoms. The molecular weight excluding hydrogens is 260 g/mol. The molecule has 0 amide bonds. The Morgan fingerprint density at radius 2 is 1.86 bits per heavy atom. The lowest BCUT2D eigenvalue weighted by Gasteiger charge is -2.16. The van der Waals surface area contributed by atoms with Crippen LogP contribution in [0.25, 0.3) is 6.08 Å². The van der Waals surface area contributed by atoms with E-state index in [1.807, 2.05) is 36.4 Å². The summed E-state index contributed by atoms with van der Waals surface area (Å²) in [5, 5.41) is 0. The second-order valence-electron chi connectivity index (χ2n) is 6.05. The molecule has 1 aliphatic rings. The molecule has 1 fully saturated rings. The summed E-state index contributed by atoms with van der Waals surface area (Å²) in [6, 6.07) is 9.82. The van der Waals surface area contributed by atoms with E-state index in [9.17, 15) is 4.79 Å². The summed E-state index contributed by atoms with van der Waals surface area (Å²) in [6.07, 6.45) is 8.29. The predicted octanol–water partition coefficient (Wildman–Crippen LogP) is 4.71. The van der Waals surface area contributed by atoms with Crippen molar-refractivity contribution in [1.29, 1.82) is 0 Å². The van der Waals surface area contributed by atoms with Gasteiger partial charge < -0.3 is 4.74 Å². The van der Waals surface area contributed by atoms with Crippen molar-refractivity contribution in [3.8, 4) is 0 Å². The number of ether oxygens (including phenoxy) is 1. The van der Waals surface area contributed by atoms with Gasteiger partial charge in [-0.2, -0.15) is 0 Å². The van der Waals surface area contributed by atoms with Gasteiger partial charge in [0.25, 0.3) is 0 Å². The van der Waals surface area contributed by atoms with Crippen LogP contribution < -0.4 is 0 Å². The van der Waals surface area contributed by atoms with Gasteiger partial charge in [-0.1, -0.05) is 57.0 Å². The molecule has 2 heteroatoms. The largest absolute Gasteiger partial charge is 0.462 e. The van der Waals surface area contributed by atoms with Crippen LogP contribution in [0, 0.1) is 17.8 Å². The Labute approximate surface area is 128 Å². The van der Waals surface area contributed by atoms with Crippen molar-refractivity contribution >= 4 is 12.0 Å². The Morgan fingerprint density at radius 3 is 2.52 bits per heavy atom. The van der Waals surface area contributed by atoms with E-state index in [2.05, 4.69) is 13.8 Å². The van der Waals surface area contributed by atoms with Gasteiger partial charge in [0, 0.05) is 6.08 Å². The van der Waals surface area contributed by atoms with Crippen LogP contribution in [-0.4, -0.2) is 12.6 Å². The summed E-state index contributed by atoms with van der Waals surface area (Å²) in [4.78, 5) is 11.8. The maximum absolute atomic E-state index is 11.8. The second-order valence-corrected chi connectivity index (χ2v) is 6.05. The van der Waals surface area contributed by atoms with E-state index in [0.717, 1.165) is 17.4 Å². The quantitative estimate of drug-likeness (QED) is 0.559. The van der Waals surface area contributed by atoms with Crippen LogP contribution in [0.2, 0.25) is 0 Å². The number of benzene rings is 1. The molecule has 2 rings (SSSR count). The highest BCUT2D eigenvalue weighted by Crippen LogP contribution is 2.39. The van der Waals surface area contributed by atoms with Gasteiger partial charge in [-0.3, -0.25) is 0 Å². The summed E-state index contributed by atoms with van der Waals surface area (Å²) >= 11 is 0. The molecule has 21 heavy (non-hydrogen) atoms. The highest BCUT2D eigenvalue weighted by Gasteiger charge is 2.32. The smallest absolute Gasteiger partial charge is 0.330 e. The highest BCUT2D eigenvalue weighted by atomic mass is 16.5. The van der Waals surface area contributed by atoms with Crippen LogP contribution in [0.15, 0.2) is 36.4 Å². The van der Waals surface area contributed by atoms with Crippen molar-refractivity contribution in [1.82, 2.24) is 0 Å². The zero-order chi connectivity index (χ0) is 15.1. The number of hydrogen-bond acceptors (Lipinski definition) is 2. The molecule has 0 saturated heterocycles. The van der Waals surface area contributed by atoms with Crippen molar-refractivity contribution in [2.45, 2.75) is 39.5 Å². The standard InChI is InChI=1S/C19H26O2/c1-3-15-12-17(4-2)18(13-15)14-21-19(20)11-10-16-8-6-5-7-9-16/h5-11,15,17-18H,3-4,12-14H2,1-2H3/b11-10+. The summed E-state index contributed by atoms with van der Waals surface area (Å²) in [7, 11) is 0. The molecule has 0 spiro atoms. The van der Waals surface area contributed by atoms with Gasteiger partial charge in [0.1, 0.15) is 0 Å². The minimum Gasteiger partial charge on any atom is -0.462 e. The van der Waals surface area contributed by atoms with Crippen molar-refractivity contribution in [2.75, 3.05) is 6.61 Å². The third-order valence-electron chi connectivity index (χ3n) is 4.69. The summed E-state index contributed by atoms with van der Waals surface area (Å²) in [6.45, 7) is 5.08. The van der Waals surface area contributed by atoms with Crippen LogP contribution >= 0.6 is 0 Å². The number of esters is 1. The topological polar surface area (TPSA) is 26.3 Å². The van der Waals surface area contributed by atoms with Crippen molar-refractivity contribution < 1.29 is 9.53 Å². The summed E-state index contributed by atoms with van der Waals surface area (Å²) in [5.74, 6) is 1.86. The van der Waals surface area contributed by atoms with Crippen LogP contribution in [0.4, 0.5) is 0 Å². The van der Waals surface area contributed by atoms with E-state index in [1.165, 1.54) is 31.8 Å². The number of hydrogen-bond donors (Lipinski definition) is 0. The first-order valence-electron chi connectivity index (χ1n) is 8.12. The lowest BCUT2D eigenvalue weighted by Crippen LogP contribution is -2.16. The Bertz CT molecular complexity index is 464. The van der Waals surface area contributed by atoms with E-state index >= 15 is 0 Å². The van der Waals surface area contributed by atoms with Crippen LogP contribution in [0.1, 0.15) is 45.1 Å². The van der Waals surface area contributed by atoms with Crippen molar-refractivity contribution in [3.63, 3.8) is 0 Å². The molecule has 114 valence electrons. The summed E-state index contributed by atoms with van der Waals surface area (Å²) < 4.78 is 5.45. The zero-order valence-electron chi connectivity index (χ0n) is 13.1. The third-order valence-corrected chi connectivity index (χ3v) is 4.69. The molecule has 0 aliphatic heterocycles. The molecule has 1 saturated carbocycles. The van der Waals surface area contributed by atoms with Gasteiger partial charge in [0.05, 0.1) is 6.61 Å². The van der Waals surface area contributed by atoms with E-state index in [4.69, 9.17) is 4.74 Å². The molecule has 2 nitrogen and oxygen atoms in total. The Morgan fingerprint density at radius 1 is 1.14 bits per heavy atom. The number of rotatable bonds is 6. The molecular formula is C19H26O2. The normalized spacial score (nSPS) is 25.3. The van der Waals surface area contributed by atoms with E-state index in [0.29, 0.717) is 12.5 Å². The maximum Gasteiger partial charge on any atom is 0.330 e. The summed E-state index contributed by atoms with van der Waals surface area (Å²) in [5.41, 5.74) is 1.02. The minimum atomic E-state index is -0.228.